The molecule has 1 heterocycles. The fraction of sp³-hybridized carbons (Fsp3) is 0.231. The van der Waals surface area contributed by atoms with Crippen molar-refractivity contribution in [2.45, 2.75) is 20.0 Å². The number of rotatable bonds is 5. The molecule has 21 heavy (non-hydrogen) atoms. The van der Waals surface area contributed by atoms with Crippen molar-refractivity contribution in [3.05, 3.63) is 56.9 Å². The zero-order valence-corrected chi connectivity index (χ0v) is 12.0. The van der Waals surface area contributed by atoms with E-state index in [0.29, 0.717) is 13.1 Å². The molecule has 0 spiro atoms. The number of hydrogen-bond acceptors (Lipinski definition) is 4. The van der Waals surface area contributed by atoms with Crippen LogP contribution in [0.2, 0.25) is 5.02 Å². The van der Waals surface area contributed by atoms with E-state index in [2.05, 4.69) is 10.4 Å². The predicted molar refractivity (Wildman–Crippen MR) is 77.2 cm³/mol. The maximum absolute atomic E-state index is 12.0. The number of aromatic nitrogens is 2. The Labute approximate surface area is 125 Å². The predicted octanol–water partition coefficient (Wildman–Crippen LogP) is 2.39. The van der Waals surface area contributed by atoms with E-state index in [1.165, 1.54) is 12.1 Å². The van der Waals surface area contributed by atoms with E-state index in [0.717, 1.165) is 11.8 Å². The molecule has 2 aromatic rings. The molecule has 0 atom stereocenters. The number of nitrogens with one attached hydrogen (secondary N) is 1. The third-order valence-electron chi connectivity index (χ3n) is 2.94. The zero-order chi connectivity index (χ0) is 15.4. The van der Waals surface area contributed by atoms with Crippen LogP contribution in [-0.2, 0) is 13.1 Å². The van der Waals surface area contributed by atoms with E-state index in [-0.39, 0.29) is 16.3 Å². The molecule has 110 valence electrons. The summed E-state index contributed by atoms with van der Waals surface area (Å²) < 4.78 is 1.75. The van der Waals surface area contributed by atoms with Crippen LogP contribution >= 0.6 is 11.6 Å². The Hall–Kier alpha value is -2.41. The van der Waals surface area contributed by atoms with E-state index in [1.807, 2.05) is 6.92 Å². The number of nitro benzene ring substituents is 1. The number of carbonyl (C=O) groups excluding carboxylic acids is 1. The molecule has 1 aromatic heterocycles. The minimum Gasteiger partial charge on any atom is -0.346 e. The van der Waals surface area contributed by atoms with Crippen LogP contribution < -0.4 is 5.32 Å². The Morgan fingerprint density at radius 1 is 1.48 bits per heavy atom. The van der Waals surface area contributed by atoms with Crippen LogP contribution in [0, 0.1) is 10.1 Å². The molecule has 0 bridgehead atoms. The summed E-state index contributed by atoms with van der Waals surface area (Å²) in [5.74, 6) is -0.404. The molecular weight excluding hydrogens is 296 g/mol. The smallest absolute Gasteiger partial charge is 0.288 e. The number of nitrogens with zero attached hydrogens (tertiary/aromatic N) is 3. The third-order valence-corrected chi connectivity index (χ3v) is 3.26. The first-order valence-corrected chi connectivity index (χ1v) is 6.63. The van der Waals surface area contributed by atoms with Gasteiger partial charge in [-0.15, -0.1) is 0 Å². The SMILES string of the molecule is CCn1nccc1CNC(=O)c1ccc(Cl)c([N+](=O)[O-])c1. The van der Waals surface area contributed by atoms with Gasteiger partial charge < -0.3 is 5.32 Å². The number of hydrogen-bond donors (Lipinski definition) is 1. The lowest BCUT2D eigenvalue weighted by Crippen LogP contribution is -2.24. The Balaban J connectivity index is 2.10. The summed E-state index contributed by atoms with van der Waals surface area (Å²) in [6, 6.07) is 5.75. The number of amides is 1. The van der Waals surface area contributed by atoms with E-state index in [4.69, 9.17) is 11.6 Å². The maximum atomic E-state index is 12.0. The van der Waals surface area contributed by atoms with Gasteiger partial charge in [-0.05, 0) is 25.1 Å². The Morgan fingerprint density at radius 2 is 2.24 bits per heavy atom. The Morgan fingerprint density at radius 3 is 2.90 bits per heavy atom. The second-order valence-electron chi connectivity index (χ2n) is 4.24. The molecule has 0 saturated heterocycles. The normalized spacial score (nSPS) is 10.4. The quantitative estimate of drug-likeness (QED) is 0.678. The molecule has 0 saturated carbocycles. The first-order chi connectivity index (χ1) is 10.0. The Kier molecular flexibility index (Phi) is 4.54. The lowest BCUT2D eigenvalue weighted by atomic mass is 10.2. The number of aryl methyl sites for hydroxylation is 1. The van der Waals surface area contributed by atoms with Gasteiger partial charge in [0.15, 0.2) is 0 Å². The summed E-state index contributed by atoms with van der Waals surface area (Å²) in [4.78, 5) is 22.2. The minimum absolute atomic E-state index is 0.000564. The van der Waals surface area contributed by atoms with Crippen LogP contribution in [0.3, 0.4) is 0 Å². The summed E-state index contributed by atoms with van der Waals surface area (Å²) in [7, 11) is 0. The molecule has 1 amide bonds. The fourth-order valence-corrected chi connectivity index (χ4v) is 2.05. The summed E-state index contributed by atoms with van der Waals surface area (Å²) in [6.45, 7) is 2.94. The zero-order valence-electron chi connectivity index (χ0n) is 11.2. The molecule has 0 unspecified atom stereocenters. The lowest BCUT2D eigenvalue weighted by Gasteiger charge is -2.07. The first-order valence-electron chi connectivity index (χ1n) is 6.25. The molecule has 1 N–H and O–H groups in total. The molecular formula is C13H13ClN4O3. The van der Waals surface area contributed by atoms with Crippen molar-refractivity contribution < 1.29 is 9.72 Å². The van der Waals surface area contributed by atoms with Crippen LogP contribution in [0.1, 0.15) is 23.0 Å². The highest BCUT2D eigenvalue weighted by Gasteiger charge is 2.16. The average Bonchev–Trinajstić information content (AvgIpc) is 2.92. The van der Waals surface area contributed by atoms with Crippen molar-refractivity contribution in [1.29, 1.82) is 0 Å². The van der Waals surface area contributed by atoms with Gasteiger partial charge in [-0.3, -0.25) is 19.6 Å². The van der Waals surface area contributed by atoms with Crippen molar-refractivity contribution in [2.75, 3.05) is 0 Å². The highest BCUT2D eigenvalue weighted by molar-refractivity contribution is 6.32. The molecule has 0 aliphatic heterocycles. The lowest BCUT2D eigenvalue weighted by molar-refractivity contribution is -0.384. The van der Waals surface area contributed by atoms with Crippen molar-refractivity contribution in [2.24, 2.45) is 0 Å². The number of benzene rings is 1. The first kappa shape index (κ1) is 15.0. The van der Waals surface area contributed by atoms with Crippen LogP contribution in [0.15, 0.2) is 30.5 Å². The molecule has 0 aliphatic carbocycles. The highest BCUT2D eigenvalue weighted by Crippen LogP contribution is 2.24. The summed E-state index contributed by atoms with van der Waals surface area (Å²) in [6.07, 6.45) is 1.65. The van der Waals surface area contributed by atoms with Crippen LogP contribution in [0.5, 0.6) is 0 Å². The van der Waals surface area contributed by atoms with Crippen LogP contribution in [0.25, 0.3) is 0 Å². The average molecular weight is 309 g/mol. The van der Waals surface area contributed by atoms with Gasteiger partial charge >= 0.3 is 0 Å². The van der Waals surface area contributed by atoms with Crippen LogP contribution in [-0.4, -0.2) is 20.6 Å². The van der Waals surface area contributed by atoms with E-state index < -0.39 is 10.8 Å². The number of nitro groups is 1. The van der Waals surface area contributed by atoms with Crippen molar-refractivity contribution in [1.82, 2.24) is 15.1 Å². The summed E-state index contributed by atoms with van der Waals surface area (Å²) in [5, 5.41) is 17.6. The van der Waals surface area contributed by atoms with E-state index >= 15 is 0 Å². The third kappa shape index (κ3) is 3.38. The Bertz CT molecular complexity index is 684. The van der Waals surface area contributed by atoms with Crippen molar-refractivity contribution in [3.8, 4) is 0 Å². The molecule has 0 fully saturated rings. The monoisotopic (exact) mass is 308 g/mol. The van der Waals surface area contributed by atoms with E-state index in [9.17, 15) is 14.9 Å². The van der Waals surface area contributed by atoms with Crippen molar-refractivity contribution in [3.63, 3.8) is 0 Å². The molecule has 1 aromatic carbocycles. The highest BCUT2D eigenvalue weighted by atomic mass is 35.5. The minimum atomic E-state index is -0.620. The van der Waals surface area contributed by atoms with Gasteiger partial charge in [0.25, 0.3) is 11.6 Å². The van der Waals surface area contributed by atoms with Gasteiger partial charge in [-0.2, -0.15) is 5.10 Å². The molecule has 0 aliphatic rings. The second kappa shape index (κ2) is 6.36. The van der Waals surface area contributed by atoms with Gasteiger partial charge in [0.1, 0.15) is 5.02 Å². The number of halogens is 1. The largest absolute Gasteiger partial charge is 0.346 e. The standard InChI is InChI=1S/C13H13ClN4O3/c1-2-17-10(5-6-16-17)8-15-13(19)9-3-4-11(14)12(7-9)18(20)21/h3-7H,2,8H2,1H3,(H,15,19). The van der Waals surface area contributed by atoms with Crippen LogP contribution in [0.4, 0.5) is 5.69 Å². The second-order valence-corrected chi connectivity index (χ2v) is 4.65. The van der Waals surface area contributed by atoms with Gasteiger partial charge in [0.05, 0.1) is 17.2 Å². The topological polar surface area (TPSA) is 90.1 Å². The molecule has 8 heteroatoms. The van der Waals surface area contributed by atoms with E-state index in [1.54, 1.807) is 16.9 Å². The van der Waals surface area contributed by atoms with Gasteiger partial charge in [0.2, 0.25) is 0 Å². The summed E-state index contributed by atoms with van der Waals surface area (Å²) >= 11 is 5.71. The van der Waals surface area contributed by atoms with Gasteiger partial charge in [-0.1, -0.05) is 11.6 Å². The molecule has 7 nitrogen and oxygen atoms in total. The maximum Gasteiger partial charge on any atom is 0.288 e. The molecule has 2 rings (SSSR count). The fourth-order valence-electron chi connectivity index (χ4n) is 1.86. The molecule has 0 radical (unpaired) electrons. The van der Waals surface area contributed by atoms with Gasteiger partial charge in [0, 0.05) is 24.4 Å². The van der Waals surface area contributed by atoms with Gasteiger partial charge in [-0.25, -0.2) is 0 Å². The number of carbonyl (C=O) groups is 1. The summed E-state index contributed by atoms with van der Waals surface area (Å²) in [5.41, 5.74) is 0.755. The van der Waals surface area contributed by atoms with Crippen molar-refractivity contribution >= 4 is 23.2 Å².